The summed E-state index contributed by atoms with van der Waals surface area (Å²) in [6.45, 7) is 6.07. The minimum atomic E-state index is -0.0749. The largest absolute Gasteiger partial charge is 0.381 e. The molecule has 2 aromatic rings. The van der Waals surface area contributed by atoms with Gasteiger partial charge in [0.15, 0.2) is 0 Å². The quantitative estimate of drug-likeness (QED) is 0.798. The maximum absolute atomic E-state index is 12.2. The van der Waals surface area contributed by atoms with Crippen molar-refractivity contribution < 1.29 is 9.53 Å². The lowest BCUT2D eigenvalue weighted by Crippen LogP contribution is -2.25. The molecule has 3 rings (SSSR count). The zero-order valence-electron chi connectivity index (χ0n) is 13.8. The number of rotatable bonds is 7. The van der Waals surface area contributed by atoms with Gasteiger partial charge in [-0.1, -0.05) is 0 Å². The molecule has 5 heteroatoms. The zero-order valence-corrected chi connectivity index (χ0v) is 13.8. The van der Waals surface area contributed by atoms with E-state index in [9.17, 15) is 4.79 Å². The highest BCUT2D eigenvalue weighted by molar-refractivity contribution is 5.97. The Morgan fingerprint density at radius 2 is 1.96 bits per heavy atom. The molecule has 0 atom stereocenters. The number of carbonyl (C=O) groups is 1. The Morgan fingerprint density at radius 3 is 2.70 bits per heavy atom. The first-order valence-corrected chi connectivity index (χ1v) is 8.24. The average molecular weight is 313 g/mol. The summed E-state index contributed by atoms with van der Waals surface area (Å²) in [7, 11) is 0. The Kier molecular flexibility index (Phi) is 4.86. The molecule has 23 heavy (non-hydrogen) atoms. The first-order valence-electron chi connectivity index (χ1n) is 8.24. The molecule has 0 spiro atoms. The van der Waals surface area contributed by atoms with E-state index in [1.165, 1.54) is 12.8 Å². The highest BCUT2D eigenvalue weighted by atomic mass is 16.5. The zero-order chi connectivity index (χ0) is 16.2. The third-order valence-electron chi connectivity index (χ3n) is 4.14. The Bertz CT molecular complexity index is 711. The third kappa shape index (κ3) is 4.26. The second kappa shape index (κ2) is 7.04. The Labute approximate surface area is 136 Å². The van der Waals surface area contributed by atoms with E-state index in [4.69, 9.17) is 4.74 Å². The first kappa shape index (κ1) is 15.9. The van der Waals surface area contributed by atoms with Crippen molar-refractivity contribution in [1.82, 2.24) is 15.3 Å². The highest BCUT2D eigenvalue weighted by Crippen LogP contribution is 2.28. The number of amides is 1. The van der Waals surface area contributed by atoms with Crippen LogP contribution in [-0.2, 0) is 4.74 Å². The molecule has 122 valence electrons. The van der Waals surface area contributed by atoms with Crippen LogP contribution in [0.5, 0.6) is 0 Å². The van der Waals surface area contributed by atoms with E-state index >= 15 is 0 Å². The molecule has 1 N–H and O–H groups in total. The number of hydrogen-bond donors (Lipinski definition) is 1. The van der Waals surface area contributed by atoms with Crippen LogP contribution in [-0.4, -0.2) is 35.6 Å². The molecule has 0 unspecified atom stereocenters. The van der Waals surface area contributed by atoms with Crippen molar-refractivity contribution in [3.8, 4) is 0 Å². The molecule has 0 aliphatic heterocycles. The van der Waals surface area contributed by atoms with E-state index in [-0.39, 0.29) is 5.91 Å². The number of carbonyl (C=O) groups excluding carboxylic acids is 1. The number of fused-ring (bicyclic) bond motifs is 1. The van der Waals surface area contributed by atoms with Crippen molar-refractivity contribution in [2.75, 3.05) is 19.8 Å². The second-order valence-electron chi connectivity index (χ2n) is 6.23. The maximum Gasteiger partial charge on any atom is 0.251 e. The van der Waals surface area contributed by atoms with Gasteiger partial charge in [-0.25, -0.2) is 9.97 Å². The van der Waals surface area contributed by atoms with Gasteiger partial charge in [0.1, 0.15) is 0 Å². The van der Waals surface area contributed by atoms with E-state index in [1.54, 1.807) is 12.1 Å². The molecular formula is C18H23N3O2. The van der Waals surface area contributed by atoms with Crippen LogP contribution in [0, 0.1) is 19.8 Å². The van der Waals surface area contributed by atoms with Crippen molar-refractivity contribution in [2.45, 2.75) is 33.1 Å². The molecular weight excluding hydrogens is 290 g/mol. The van der Waals surface area contributed by atoms with Gasteiger partial charge in [0.2, 0.25) is 0 Å². The molecule has 0 bridgehead atoms. The minimum Gasteiger partial charge on any atom is -0.381 e. The fraction of sp³-hybridized carbons (Fsp3) is 0.500. The van der Waals surface area contributed by atoms with Gasteiger partial charge in [-0.2, -0.15) is 0 Å². The Hall–Kier alpha value is -2.01. The molecule has 0 saturated heterocycles. The molecule has 1 amide bonds. The molecule has 1 fully saturated rings. The number of hydrogen-bond acceptors (Lipinski definition) is 4. The fourth-order valence-electron chi connectivity index (χ4n) is 2.38. The third-order valence-corrected chi connectivity index (χ3v) is 4.14. The number of nitrogens with zero attached hydrogens (tertiary/aromatic N) is 2. The molecule has 5 nitrogen and oxygen atoms in total. The summed E-state index contributed by atoms with van der Waals surface area (Å²) in [5.41, 5.74) is 4.00. The summed E-state index contributed by atoms with van der Waals surface area (Å²) >= 11 is 0. The van der Waals surface area contributed by atoms with Gasteiger partial charge in [-0.15, -0.1) is 0 Å². The smallest absolute Gasteiger partial charge is 0.251 e. The molecule has 1 aromatic heterocycles. The van der Waals surface area contributed by atoms with Crippen LogP contribution in [0.3, 0.4) is 0 Å². The molecule has 1 aliphatic rings. The average Bonchev–Trinajstić information content (AvgIpc) is 3.35. The summed E-state index contributed by atoms with van der Waals surface area (Å²) in [6, 6.07) is 5.45. The Balaban J connectivity index is 1.52. The number of aromatic nitrogens is 2. The van der Waals surface area contributed by atoms with Crippen molar-refractivity contribution in [2.24, 2.45) is 5.92 Å². The van der Waals surface area contributed by atoms with Crippen LogP contribution in [0.1, 0.15) is 41.0 Å². The highest BCUT2D eigenvalue weighted by Gasteiger charge is 2.20. The number of benzene rings is 1. The van der Waals surface area contributed by atoms with Crippen LogP contribution < -0.4 is 5.32 Å². The molecule has 0 radical (unpaired) electrons. The number of aryl methyl sites for hydroxylation is 2. The number of nitrogens with one attached hydrogen (secondary N) is 1. The van der Waals surface area contributed by atoms with Crippen LogP contribution in [0.15, 0.2) is 18.2 Å². The molecule has 1 saturated carbocycles. The first-order chi connectivity index (χ1) is 11.1. The predicted octanol–water partition coefficient (Wildman–Crippen LogP) is 2.79. The SMILES string of the molecule is Cc1nc2ccc(C(=O)NCCCOCC3CC3)cc2nc1C. The lowest BCUT2D eigenvalue weighted by Gasteiger charge is -2.07. The van der Waals surface area contributed by atoms with Crippen molar-refractivity contribution >= 4 is 16.9 Å². The van der Waals surface area contributed by atoms with Gasteiger partial charge in [0, 0.05) is 25.3 Å². The lowest BCUT2D eigenvalue weighted by molar-refractivity contribution is 0.0937. The molecule has 1 heterocycles. The van der Waals surface area contributed by atoms with E-state index in [1.807, 2.05) is 19.9 Å². The monoisotopic (exact) mass is 313 g/mol. The minimum absolute atomic E-state index is 0.0749. The van der Waals surface area contributed by atoms with E-state index in [2.05, 4.69) is 15.3 Å². The van der Waals surface area contributed by atoms with Gasteiger partial charge < -0.3 is 10.1 Å². The topological polar surface area (TPSA) is 64.1 Å². The summed E-state index contributed by atoms with van der Waals surface area (Å²) < 4.78 is 5.56. The molecule has 1 aromatic carbocycles. The normalized spacial score (nSPS) is 14.2. The summed E-state index contributed by atoms with van der Waals surface area (Å²) in [5, 5.41) is 2.93. The van der Waals surface area contributed by atoms with Crippen molar-refractivity contribution in [3.63, 3.8) is 0 Å². The van der Waals surface area contributed by atoms with E-state index < -0.39 is 0 Å². The van der Waals surface area contributed by atoms with Crippen LogP contribution in [0.4, 0.5) is 0 Å². The van der Waals surface area contributed by atoms with E-state index in [0.717, 1.165) is 41.4 Å². The summed E-state index contributed by atoms with van der Waals surface area (Å²) in [4.78, 5) is 21.2. The predicted molar refractivity (Wildman–Crippen MR) is 89.5 cm³/mol. The second-order valence-corrected chi connectivity index (χ2v) is 6.23. The molecule has 1 aliphatic carbocycles. The maximum atomic E-state index is 12.2. The van der Waals surface area contributed by atoms with Gasteiger partial charge in [-0.3, -0.25) is 4.79 Å². The van der Waals surface area contributed by atoms with Gasteiger partial charge in [-0.05, 0) is 57.2 Å². The van der Waals surface area contributed by atoms with Gasteiger partial charge in [0.05, 0.1) is 22.4 Å². The summed E-state index contributed by atoms with van der Waals surface area (Å²) in [6.07, 6.45) is 3.45. The van der Waals surface area contributed by atoms with Gasteiger partial charge >= 0.3 is 0 Å². The Morgan fingerprint density at radius 1 is 1.22 bits per heavy atom. The van der Waals surface area contributed by atoms with Gasteiger partial charge in [0.25, 0.3) is 5.91 Å². The van der Waals surface area contributed by atoms with Crippen LogP contribution >= 0.6 is 0 Å². The summed E-state index contributed by atoms with van der Waals surface area (Å²) in [5.74, 6) is 0.713. The van der Waals surface area contributed by atoms with Crippen molar-refractivity contribution in [3.05, 3.63) is 35.2 Å². The lowest BCUT2D eigenvalue weighted by atomic mass is 10.1. The van der Waals surface area contributed by atoms with E-state index in [0.29, 0.717) is 18.7 Å². The number of ether oxygens (including phenoxy) is 1. The standard InChI is InChI=1S/C18H23N3O2/c1-12-13(2)21-17-10-15(6-7-16(17)20-12)18(22)19-8-3-9-23-11-14-4-5-14/h6-7,10,14H,3-5,8-9,11H2,1-2H3,(H,19,22). The fourth-order valence-corrected chi connectivity index (χ4v) is 2.38. The van der Waals surface area contributed by atoms with Crippen LogP contribution in [0.2, 0.25) is 0 Å². The van der Waals surface area contributed by atoms with Crippen LogP contribution in [0.25, 0.3) is 11.0 Å². The van der Waals surface area contributed by atoms with Crippen molar-refractivity contribution in [1.29, 1.82) is 0 Å².